The van der Waals surface area contributed by atoms with E-state index in [0.717, 1.165) is 17.7 Å². The molecule has 3 rings (SSSR count). The van der Waals surface area contributed by atoms with Crippen molar-refractivity contribution in [3.05, 3.63) is 52.6 Å². The molecule has 7 nitrogen and oxygen atoms in total. The van der Waals surface area contributed by atoms with E-state index in [0.29, 0.717) is 23.3 Å². The van der Waals surface area contributed by atoms with Gasteiger partial charge in [-0.2, -0.15) is 0 Å². The molecular weight excluding hydrogens is 374 g/mol. The van der Waals surface area contributed by atoms with Gasteiger partial charge in [0.1, 0.15) is 0 Å². The van der Waals surface area contributed by atoms with Gasteiger partial charge < -0.3 is 5.32 Å². The maximum absolute atomic E-state index is 12.8. The summed E-state index contributed by atoms with van der Waals surface area (Å²) in [6.07, 6.45) is 3.82. The molecule has 1 N–H and O–H groups in total. The van der Waals surface area contributed by atoms with E-state index in [1.54, 1.807) is 4.57 Å². The zero-order valence-corrected chi connectivity index (χ0v) is 17.0. The number of carbonyl (C=O) groups is 1. The van der Waals surface area contributed by atoms with Gasteiger partial charge in [0.25, 0.3) is 5.56 Å². The minimum Gasteiger partial charge on any atom is -0.325 e. The monoisotopic (exact) mass is 397 g/mol. The second-order valence-corrected chi connectivity index (χ2v) is 7.91. The minimum absolute atomic E-state index is 0.147. The lowest BCUT2D eigenvalue weighted by Gasteiger charge is -2.13. The van der Waals surface area contributed by atoms with E-state index in [1.807, 2.05) is 31.2 Å². The zero-order valence-electron chi connectivity index (χ0n) is 16.2. The lowest BCUT2D eigenvalue weighted by molar-refractivity contribution is -0.113. The summed E-state index contributed by atoms with van der Waals surface area (Å²) in [5.74, 6) is 0.430. The molecule has 0 bridgehead atoms. The summed E-state index contributed by atoms with van der Waals surface area (Å²) in [5.41, 5.74) is 2.15. The lowest BCUT2D eigenvalue weighted by Crippen LogP contribution is -2.26. The largest absolute Gasteiger partial charge is 0.325 e. The predicted octanol–water partition coefficient (Wildman–Crippen LogP) is 3.27. The Hall–Kier alpha value is -2.74. The molecule has 0 spiro atoms. The van der Waals surface area contributed by atoms with Gasteiger partial charge in [-0.1, -0.05) is 37.7 Å². The molecule has 0 aliphatic heterocycles. The molecule has 0 unspecified atom stereocenters. The van der Waals surface area contributed by atoms with Gasteiger partial charge in [0.2, 0.25) is 5.91 Å². The molecule has 3 aromatic rings. The number of nitrogens with one attached hydrogen (secondary N) is 1. The fourth-order valence-electron chi connectivity index (χ4n) is 2.67. The highest BCUT2D eigenvalue weighted by atomic mass is 32.2. The van der Waals surface area contributed by atoms with Crippen LogP contribution < -0.4 is 10.9 Å². The lowest BCUT2D eigenvalue weighted by atomic mass is 10.1. The first kappa shape index (κ1) is 20.0. The summed E-state index contributed by atoms with van der Waals surface area (Å²) in [5, 5.41) is 3.36. The Morgan fingerprint density at radius 1 is 1.25 bits per heavy atom. The van der Waals surface area contributed by atoms with Crippen molar-refractivity contribution >= 4 is 34.5 Å². The molecule has 2 aromatic heterocycles. The predicted molar refractivity (Wildman–Crippen MR) is 112 cm³/mol. The number of hydrogen-bond donors (Lipinski definition) is 1. The highest BCUT2D eigenvalue weighted by Gasteiger charge is 2.15. The van der Waals surface area contributed by atoms with Gasteiger partial charge in [0.05, 0.1) is 5.75 Å². The van der Waals surface area contributed by atoms with Crippen LogP contribution in [0.3, 0.4) is 0 Å². The van der Waals surface area contributed by atoms with Gasteiger partial charge in [-0.05, 0) is 37.0 Å². The van der Waals surface area contributed by atoms with Gasteiger partial charge in [-0.25, -0.2) is 15.0 Å². The molecule has 146 valence electrons. The van der Waals surface area contributed by atoms with Gasteiger partial charge in [-0.15, -0.1) is 0 Å². The maximum Gasteiger partial charge on any atom is 0.282 e. The fourth-order valence-corrected chi connectivity index (χ4v) is 3.49. The van der Waals surface area contributed by atoms with Crippen molar-refractivity contribution in [2.24, 2.45) is 5.92 Å². The number of amides is 1. The molecule has 0 atom stereocenters. The third-order valence-electron chi connectivity index (χ3n) is 4.12. The standard InChI is InChI=1S/C20H23N5O2S/c1-13(2)7-10-25-19(27)17-18(22-9-8-21-17)24-20(25)28-12-16(26)23-15-6-4-5-14(3)11-15/h4-6,8-9,11,13H,7,10,12H2,1-3H3,(H,23,26). The van der Waals surface area contributed by atoms with Gasteiger partial charge in [-0.3, -0.25) is 14.2 Å². The van der Waals surface area contributed by atoms with Crippen LogP contribution in [0.15, 0.2) is 46.6 Å². The van der Waals surface area contributed by atoms with Crippen LogP contribution in [0.25, 0.3) is 11.2 Å². The van der Waals surface area contributed by atoms with Crippen molar-refractivity contribution in [2.75, 3.05) is 11.1 Å². The normalized spacial score (nSPS) is 11.1. The summed E-state index contributed by atoms with van der Waals surface area (Å²) in [6, 6.07) is 7.62. The maximum atomic E-state index is 12.8. The Labute approximate surface area is 167 Å². The smallest absolute Gasteiger partial charge is 0.282 e. The number of fused-ring (bicyclic) bond motifs is 1. The van der Waals surface area contributed by atoms with Crippen LogP contribution in [0, 0.1) is 12.8 Å². The van der Waals surface area contributed by atoms with E-state index in [-0.39, 0.29) is 22.7 Å². The van der Waals surface area contributed by atoms with Crippen molar-refractivity contribution in [3.8, 4) is 0 Å². The number of hydrogen-bond acceptors (Lipinski definition) is 6. The van der Waals surface area contributed by atoms with Crippen LogP contribution in [0.4, 0.5) is 5.69 Å². The SMILES string of the molecule is Cc1cccc(NC(=O)CSc2nc3nccnc3c(=O)n2CCC(C)C)c1. The van der Waals surface area contributed by atoms with Crippen LogP contribution in [-0.2, 0) is 11.3 Å². The summed E-state index contributed by atoms with van der Waals surface area (Å²) in [4.78, 5) is 37.9. The van der Waals surface area contributed by atoms with Crippen molar-refractivity contribution in [1.29, 1.82) is 0 Å². The number of anilines is 1. The Bertz CT molecular complexity index is 1050. The second-order valence-electron chi connectivity index (χ2n) is 6.97. The van der Waals surface area contributed by atoms with Crippen LogP contribution >= 0.6 is 11.8 Å². The van der Waals surface area contributed by atoms with Crippen LogP contribution in [-0.4, -0.2) is 31.2 Å². The summed E-state index contributed by atoms with van der Waals surface area (Å²) in [6.45, 7) is 6.69. The number of aryl methyl sites for hydroxylation is 1. The highest BCUT2D eigenvalue weighted by molar-refractivity contribution is 7.99. The molecule has 0 saturated carbocycles. The quantitative estimate of drug-likeness (QED) is 0.486. The Kier molecular flexibility index (Phi) is 6.41. The van der Waals surface area contributed by atoms with Gasteiger partial charge in [0, 0.05) is 24.6 Å². The first-order valence-electron chi connectivity index (χ1n) is 9.15. The van der Waals surface area contributed by atoms with E-state index in [1.165, 1.54) is 24.2 Å². The van der Waals surface area contributed by atoms with Crippen molar-refractivity contribution in [1.82, 2.24) is 19.5 Å². The summed E-state index contributed by atoms with van der Waals surface area (Å²) in [7, 11) is 0. The molecule has 0 radical (unpaired) electrons. The number of nitrogens with zero attached hydrogens (tertiary/aromatic N) is 4. The first-order chi connectivity index (χ1) is 13.4. The Morgan fingerprint density at radius 3 is 2.79 bits per heavy atom. The van der Waals surface area contributed by atoms with E-state index >= 15 is 0 Å². The van der Waals surface area contributed by atoms with E-state index < -0.39 is 0 Å². The molecule has 1 amide bonds. The fraction of sp³-hybridized carbons (Fsp3) is 0.350. The molecule has 28 heavy (non-hydrogen) atoms. The third kappa shape index (κ3) is 4.95. The van der Waals surface area contributed by atoms with E-state index in [4.69, 9.17) is 0 Å². The molecule has 2 heterocycles. The van der Waals surface area contributed by atoms with Gasteiger partial charge >= 0.3 is 0 Å². The van der Waals surface area contributed by atoms with Crippen LogP contribution in [0.2, 0.25) is 0 Å². The average Bonchev–Trinajstić information content (AvgIpc) is 2.65. The summed E-state index contributed by atoms with van der Waals surface area (Å²) >= 11 is 1.23. The van der Waals surface area contributed by atoms with E-state index in [9.17, 15) is 9.59 Å². The number of benzene rings is 1. The second kappa shape index (κ2) is 8.97. The number of rotatable bonds is 7. The first-order valence-corrected chi connectivity index (χ1v) is 10.1. The summed E-state index contributed by atoms with van der Waals surface area (Å²) < 4.78 is 1.60. The van der Waals surface area contributed by atoms with Gasteiger partial charge in [0.15, 0.2) is 16.3 Å². The molecule has 0 fully saturated rings. The highest BCUT2D eigenvalue weighted by Crippen LogP contribution is 2.18. The molecular formula is C20H23N5O2S. The van der Waals surface area contributed by atoms with Crippen molar-refractivity contribution < 1.29 is 4.79 Å². The van der Waals surface area contributed by atoms with Crippen molar-refractivity contribution in [3.63, 3.8) is 0 Å². The van der Waals surface area contributed by atoms with Crippen molar-refractivity contribution in [2.45, 2.75) is 38.9 Å². The van der Waals surface area contributed by atoms with Crippen LogP contribution in [0.5, 0.6) is 0 Å². The molecule has 0 aliphatic rings. The van der Waals surface area contributed by atoms with Crippen LogP contribution in [0.1, 0.15) is 25.8 Å². The number of carbonyl (C=O) groups excluding carboxylic acids is 1. The zero-order chi connectivity index (χ0) is 20.1. The molecule has 1 aromatic carbocycles. The average molecular weight is 398 g/mol. The molecule has 8 heteroatoms. The topological polar surface area (TPSA) is 89.8 Å². The minimum atomic E-state index is -0.222. The third-order valence-corrected chi connectivity index (χ3v) is 5.10. The van der Waals surface area contributed by atoms with E-state index in [2.05, 4.69) is 34.1 Å². The Balaban J connectivity index is 1.81. The molecule has 0 saturated heterocycles. The number of thioether (sulfide) groups is 1. The number of aromatic nitrogens is 4. The molecule has 0 aliphatic carbocycles. The Morgan fingerprint density at radius 2 is 2.04 bits per heavy atom.